The molecule has 1 N–H and O–H groups in total. The molecule has 4 atom stereocenters. The highest BCUT2D eigenvalue weighted by molar-refractivity contribution is 5.98. The summed E-state index contributed by atoms with van der Waals surface area (Å²) in [4.78, 5) is 27.5. The van der Waals surface area contributed by atoms with E-state index >= 15 is 0 Å². The van der Waals surface area contributed by atoms with Gasteiger partial charge in [0.15, 0.2) is 0 Å². The maximum Gasteiger partial charge on any atom is 0.308 e. The molecule has 6 nitrogen and oxygen atoms in total. The minimum atomic E-state index is -0.337. The number of ether oxygens (including phenoxy) is 2. The monoisotopic (exact) mass is 512 g/mol. The average molecular weight is 513 g/mol. The van der Waals surface area contributed by atoms with Crippen LogP contribution in [0.3, 0.4) is 0 Å². The van der Waals surface area contributed by atoms with Crippen LogP contribution in [0.15, 0.2) is 79.4 Å². The number of benzene rings is 3. The van der Waals surface area contributed by atoms with E-state index in [1.54, 1.807) is 7.11 Å². The Morgan fingerprint density at radius 2 is 1.92 bits per heavy atom. The number of carbonyl (C=O) groups is 2. The van der Waals surface area contributed by atoms with Crippen molar-refractivity contribution in [1.29, 1.82) is 0 Å². The van der Waals surface area contributed by atoms with E-state index in [0.717, 1.165) is 55.2 Å². The molecule has 0 aromatic heterocycles. The molecule has 1 saturated carbocycles. The number of nitrogens with zero attached hydrogens (tertiary/aromatic N) is 1. The van der Waals surface area contributed by atoms with Crippen molar-refractivity contribution in [3.05, 3.63) is 90.5 Å². The first-order valence-corrected chi connectivity index (χ1v) is 13.4. The largest absolute Gasteiger partial charge is 0.427 e. The summed E-state index contributed by atoms with van der Waals surface area (Å²) in [6.07, 6.45) is 4.37. The fourth-order valence-electron chi connectivity index (χ4n) is 6.61. The van der Waals surface area contributed by atoms with Crippen LogP contribution in [-0.2, 0) is 14.9 Å². The zero-order chi connectivity index (χ0) is 26.7. The van der Waals surface area contributed by atoms with E-state index in [1.165, 1.54) is 6.92 Å². The van der Waals surface area contributed by atoms with Crippen LogP contribution in [0.2, 0.25) is 0 Å². The Hall–Kier alpha value is -3.48. The predicted molar refractivity (Wildman–Crippen MR) is 149 cm³/mol. The van der Waals surface area contributed by atoms with Gasteiger partial charge in [-0.05, 0) is 66.4 Å². The maximum atomic E-state index is 13.4. The van der Waals surface area contributed by atoms with Crippen molar-refractivity contribution in [2.45, 2.75) is 43.7 Å². The second-order valence-electron chi connectivity index (χ2n) is 10.6. The van der Waals surface area contributed by atoms with Gasteiger partial charge in [0.25, 0.3) is 5.91 Å². The minimum Gasteiger partial charge on any atom is -0.427 e. The van der Waals surface area contributed by atoms with Gasteiger partial charge < -0.3 is 14.8 Å². The lowest BCUT2D eigenvalue weighted by atomic mass is 9.57. The van der Waals surface area contributed by atoms with Gasteiger partial charge in [-0.1, -0.05) is 48.5 Å². The lowest BCUT2D eigenvalue weighted by molar-refractivity contribution is -0.131. The van der Waals surface area contributed by atoms with Crippen molar-refractivity contribution in [3.8, 4) is 5.75 Å². The summed E-state index contributed by atoms with van der Waals surface area (Å²) in [7, 11) is 1.77. The van der Waals surface area contributed by atoms with Gasteiger partial charge in [-0.15, -0.1) is 6.58 Å². The van der Waals surface area contributed by atoms with Crippen LogP contribution in [0.4, 0.5) is 0 Å². The summed E-state index contributed by atoms with van der Waals surface area (Å²) in [6, 6.07) is 21.8. The van der Waals surface area contributed by atoms with E-state index < -0.39 is 0 Å². The first-order chi connectivity index (χ1) is 18.4. The van der Waals surface area contributed by atoms with E-state index in [4.69, 9.17) is 9.47 Å². The molecule has 198 valence electrons. The van der Waals surface area contributed by atoms with Gasteiger partial charge in [0, 0.05) is 50.1 Å². The van der Waals surface area contributed by atoms with Crippen LogP contribution in [0.25, 0.3) is 10.8 Å². The van der Waals surface area contributed by atoms with Gasteiger partial charge in [0.1, 0.15) is 5.75 Å². The number of methoxy groups -OCH3 is 1. The number of hydrogen-bond donors (Lipinski definition) is 1. The topological polar surface area (TPSA) is 67.9 Å². The first kappa shape index (κ1) is 26.1. The molecular weight excluding hydrogens is 476 g/mol. The van der Waals surface area contributed by atoms with E-state index in [0.29, 0.717) is 11.3 Å². The average Bonchev–Trinajstić information content (AvgIpc) is 2.92. The Labute approximate surface area is 224 Å². The van der Waals surface area contributed by atoms with Gasteiger partial charge >= 0.3 is 5.97 Å². The Morgan fingerprint density at radius 3 is 2.68 bits per heavy atom. The molecule has 0 radical (unpaired) electrons. The van der Waals surface area contributed by atoms with Crippen LogP contribution in [0, 0.1) is 5.92 Å². The Morgan fingerprint density at radius 1 is 1.11 bits per heavy atom. The van der Waals surface area contributed by atoms with Crippen molar-refractivity contribution in [3.63, 3.8) is 0 Å². The van der Waals surface area contributed by atoms with Crippen LogP contribution in [-0.4, -0.2) is 55.7 Å². The van der Waals surface area contributed by atoms with Crippen molar-refractivity contribution >= 4 is 22.6 Å². The van der Waals surface area contributed by atoms with E-state index in [9.17, 15) is 9.59 Å². The second-order valence-corrected chi connectivity index (χ2v) is 10.6. The predicted octanol–water partition coefficient (Wildman–Crippen LogP) is 5.12. The lowest BCUT2D eigenvalue weighted by Gasteiger charge is -2.55. The van der Waals surface area contributed by atoms with Gasteiger partial charge in [0.2, 0.25) is 0 Å². The summed E-state index contributed by atoms with van der Waals surface area (Å²) in [5.74, 6) is 0.369. The second kappa shape index (κ2) is 11.1. The number of rotatable bonds is 7. The van der Waals surface area contributed by atoms with Gasteiger partial charge in [-0.3, -0.25) is 14.5 Å². The molecular formula is C32H36N2O4. The highest BCUT2D eigenvalue weighted by atomic mass is 16.5. The van der Waals surface area contributed by atoms with Crippen LogP contribution in [0.1, 0.15) is 42.1 Å². The molecule has 6 heteroatoms. The Bertz CT molecular complexity index is 1340. The van der Waals surface area contributed by atoms with E-state index in [1.807, 2.05) is 66.7 Å². The zero-order valence-corrected chi connectivity index (χ0v) is 22.2. The molecule has 2 fully saturated rings. The summed E-state index contributed by atoms with van der Waals surface area (Å²) in [6.45, 7) is 7.99. The highest BCUT2D eigenvalue weighted by Crippen LogP contribution is 2.50. The molecule has 1 aliphatic heterocycles. The number of amides is 1. The number of hydrogen-bond acceptors (Lipinski definition) is 5. The molecule has 1 aliphatic carbocycles. The van der Waals surface area contributed by atoms with Crippen LogP contribution < -0.4 is 10.1 Å². The third-order valence-corrected chi connectivity index (χ3v) is 8.32. The smallest absolute Gasteiger partial charge is 0.308 e. The Kier molecular flexibility index (Phi) is 7.63. The standard InChI is InChI=1S/C32H36N2O4/c1-4-15-34-16-14-32(26-10-7-11-28(18-26)38-22(2)35)20-27(19-30(37-3)29(32)21-34)33-31(36)25-13-12-23-8-5-6-9-24(23)17-25/h4-13,17-18,27,29-30H,1,14-16,19-21H2,2-3H3,(H,33,36)/t27-,29+,30?,32+/m1/s1. The zero-order valence-electron chi connectivity index (χ0n) is 22.2. The fraction of sp³-hybridized carbons (Fsp3) is 0.375. The fourth-order valence-corrected chi connectivity index (χ4v) is 6.61. The summed E-state index contributed by atoms with van der Waals surface area (Å²) in [5, 5.41) is 5.50. The molecule has 3 aromatic carbocycles. The molecule has 5 rings (SSSR count). The van der Waals surface area contributed by atoms with E-state index in [-0.39, 0.29) is 35.4 Å². The summed E-state index contributed by atoms with van der Waals surface area (Å²) < 4.78 is 11.6. The molecule has 38 heavy (non-hydrogen) atoms. The van der Waals surface area contributed by atoms with Crippen molar-refractivity contribution < 1.29 is 19.1 Å². The van der Waals surface area contributed by atoms with Gasteiger partial charge in [-0.2, -0.15) is 0 Å². The quantitative estimate of drug-likeness (QED) is 0.270. The number of nitrogens with one attached hydrogen (secondary N) is 1. The number of carbonyl (C=O) groups excluding carboxylic acids is 2. The third kappa shape index (κ3) is 5.24. The number of piperidine rings is 1. The highest BCUT2D eigenvalue weighted by Gasteiger charge is 2.52. The Balaban J connectivity index is 1.46. The molecule has 1 unspecified atom stereocenters. The van der Waals surface area contributed by atoms with Crippen molar-refractivity contribution in [2.24, 2.45) is 5.92 Å². The van der Waals surface area contributed by atoms with Crippen molar-refractivity contribution in [2.75, 3.05) is 26.7 Å². The molecule has 1 amide bonds. The first-order valence-electron chi connectivity index (χ1n) is 13.4. The van der Waals surface area contributed by atoms with Gasteiger partial charge in [-0.25, -0.2) is 0 Å². The molecule has 0 bridgehead atoms. The maximum absolute atomic E-state index is 13.4. The van der Waals surface area contributed by atoms with Gasteiger partial charge in [0.05, 0.1) is 6.10 Å². The SMILES string of the molecule is C=CCN1CC[C@@]2(c3cccc(OC(C)=O)c3)C[C@H](NC(=O)c3ccc4ccccc4c3)CC(OC)[C@@H]2C1. The summed E-state index contributed by atoms with van der Waals surface area (Å²) >= 11 is 0. The number of esters is 1. The van der Waals surface area contributed by atoms with Crippen LogP contribution in [0.5, 0.6) is 5.75 Å². The lowest BCUT2D eigenvalue weighted by Crippen LogP contribution is -2.61. The molecule has 2 aliphatic rings. The van der Waals surface area contributed by atoms with Crippen LogP contribution >= 0.6 is 0 Å². The summed E-state index contributed by atoms with van der Waals surface area (Å²) in [5.41, 5.74) is 1.56. The minimum absolute atomic E-state index is 0.0318. The molecule has 1 saturated heterocycles. The molecule has 1 heterocycles. The molecule has 3 aromatic rings. The van der Waals surface area contributed by atoms with E-state index in [2.05, 4.69) is 22.9 Å². The number of fused-ring (bicyclic) bond motifs is 2. The van der Waals surface area contributed by atoms with Crippen molar-refractivity contribution in [1.82, 2.24) is 10.2 Å². The normalized spacial score (nSPS) is 25.4. The third-order valence-electron chi connectivity index (χ3n) is 8.32. The number of likely N-dealkylation sites (tertiary alicyclic amines) is 1. The molecule has 0 spiro atoms.